The summed E-state index contributed by atoms with van der Waals surface area (Å²) >= 11 is 0. The standard InChI is InChI=1S/C12H9N3O2/c16-9-4-3-7(6-10(9)17)11-14-8-2-1-5-13-12(8)15-11/h1-6,16-17H,(H,13,14,15). The number of pyridine rings is 1. The molecule has 0 aliphatic rings. The summed E-state index contributed by atoms with van der Waals surface area (Å²) in [7, 11) is 0. The number of nitrogens with one attached hydrogen (secondary N) is 1. The van der Waals surface area contributed by atoms with Crippen LogP contribution in [0, 0.1) is 0 Å². The molecule has 3 N–H and O–H groups in total. The first-order valence-electron chi connectivity index (χ1n) is 5.07. The third-order valence-electron chi connectivity index (χ3n) is 2.51. The maximum atomic E-state index is 9.43. The first kappa shape index (κ1) is 9.65. The van der Waals surface area contributed by atoms with Crippen molar-refractivity contribution in [3.8, 4) is 22.9 Å². The number of hydrogen-bond acceptors (Lipinski definition) is 4. The van der Waals surface area contributed by atoms with E-state index in [9.17, 15) is 10.2 Å². The third-order valence-corrected chi connectivity index (χ3v) is 2.51. The fourth-order valence-corrected chi connectivity index (χ4v) is 1.65. The van der Waals surface area contributed by atoms with Crippen molar-refractivity contribution in [2.45, 2.75) is 0 Å². The van der Waals surface area contributed by atoms with E-state index < -0.39 is 0 Å². The van der Waals surface area contributed by atoms with E-state index in [-0.39, 0.29) is 11.5 Å². The molecular weight excluding hydrogens is 218 g/mol. The van der Waals surface area contributed by atoms with Gasteiger partial charge in [-0.25, -0.2) is 9.97 Å². The Balaban J connectivity index is 2.17. The topological polar surface area (TPSA) is 82.0 Å². The predicted molar refractivity (Wildman–Crippen MR) is 62.7 cm³/mol. The summed E-state index contributed by atoms with van der Waals surface area (Å²) in [6.07, 6.45) is 1.67. The van der Waals surface area contributed by atoms with Crippen LogP contribution in [0.5, 0.6) is 11.5 Å². The van der Waals surface area contributed by atoms with E-state index in [1.165, 1.54) is 12.1 Å². The van der Waals surface area contributed by atoms with Crippen LogP contribution in [0.1, 0.15) is 0 Å². The maximum Gasteiger partial charge on any atom is 0.178 e. The maximum absolute atomic E-state index is 9.43. The average Bonchev–Trinajstić information content (AvgIpc) is 2.76. The Morgan fingerprint density at radius 3 is 2.71 bits per heavy atom. The van der Waals surface area contributed by atoms with Crippen LogP contribution in [-0.2, 0) is 0 Å². The fraction of sp³-hybridized carbons (Fsp3) is 0. The minimum Gasteiger partial charge on any atom is -0.504 e. The molecule has 3 aromatic rings. The largest absolute Gasteiger partial charge is 0.504 e. The molecule has 0 aliphatic carbocycles. The molecule has 2 aromatic heterocycles. The Morgan fingerprint density at radius 2 is 1.94 bits per heavy atom. The van der Waals surface area contributed by atoms with E-state index in [1.54, 1.807) is 12.3 Å². The molecular formula is C12H9N3O2. The van der Waals surface area contributed by atoms with Gasteiger partial charge in [-0.15, -0.1) is 0 Å². The lowest BCUT2D eigenvalue weighted by atomic mass is 10.2. The van der Waals surface area contributed by atoms with E-state index in [0.717, 1.165) is 5.52 Å². The van der Waals surface area contributed by atoms with Gasteiger partial charge >= 0.3 is 0 Å². The molecule has 3 rings (SSSR count). The predicted octanol–water partition coefficient (Wildman–Crippen LogP) is 2.04. The van der Waals surface area contributed by atoms with Crippen LogP contribution in [0.15, 0.2) is 36.5 Å². The Hall–Kier alpha value is -2.56. The van der Waals surface area contributed by atoms with Gasteiger partial charge in [0.1, 0.15) is 5.82 Å². The van der Waals surface area contributed by atoms with Crippen LogP contribution in [0.3, 0.4) is 0 Å². The number of aromatic amines is 1. The zero-order chi connectivity index (χ0) is 11.8. The van der Waals surface area contributed by atoms with Crippen LogP contribution >= 0.6 is 0 Å². The van der Waals surface area contributed by atoms with E-state index in [1.807, 2.05) is 12.1 Å². The van der Waals surface area contributed by atoms with Gasteiger partial charge in [0, 0.05) is 11.8 Å². The van der Waals surface area contributed by atoms with Gasteiger partial charge in [0.05, 0.1) is 5.52 Å². The SMILES string of the molecule is Oc1ccc(-c2nc3ncccc3[nH]2)cc1O. The molecule has 5 nitrogen and oxygen atoms in total. The van der Waals surface area contributed by atoms with Gasteiger partial charge in [-0.05, 0) is 30.3 Å². The number of nitrogens with zero attached hydrogens (tertiary/aromatic N) is 2. The quantitative estimate of drug-likeness (QED) is 0.555. The Morgan fingerprint density at radius 1 is 1.06 bits per heavy atom. The molecule has 0 radical (unpaired) electrons. The molecule has 0 amide bonds. The molecule has 2 heterocycles. The second-order valence-electron chi connectivity index (χ2n) is 3.66. The van der Waals surface area contributed by atoms with Crippen molar-refractivity contribution < 1.29 is 10.2 Å². The lowest BCUT2D eigenvalue weighted by molar-refractivity contribution is 0.404. The molecule has 0 aliphatic heterocycles. The number of hydrogen-bond donors (Lipinski definition) is 3. The summed E-state index contributed by atoms with van der Waals surface area (Å²) in [6.45, 7) is 0. The molecule has 0 fully saturated rings. The first-order chi connectivity index (χ1) is 8.24. The summed E-state index contributed by atoms with van der Waals surface area (Å²) < 4.78 is 0. The highest BCUT2D eigenvalue weighted by Crippen LogP contribution is 2.29. The molecule has 5 heteroatoms. The number of H-pyrrole nitrogens is 1. The number of phenols is 2. The summed E-state index contributed by atoms with van der Waals surface area (Å²) in [5, 5.41) is 18.7. The fourth-order valence-electron chi connectivity index (χ4n) is 1.65. The van der Waals surface area contributed by atoms with Gasteiger partial charge in [-0.3, -0.25) is 0 Å². The van der Waals surface area contributed by atoms with Crippen molar-refractivity contribution in [2.75, 3.05) is 0 Å². The van der Waals surface area contributed by atoms with E-state index in [4.69, 9.17) is 0 Å². The van der Waals surface area contributed by atoms with Crippen molar-refractivity contribution in [2.24, 2.45) is 0 Å². The van der Waals surface area contributed by atoms with Gasteiger partial charge in [-0.1, -0.05) is 0 Å². The number of aromatic nitrogens is 3. The van der Waals surface area contributed by atoms with Gasteiger partial charge in [0.15, 0.2) is 17.1 Å². The molecule has 17 heavy (non-hydrogen) atoms. The number of fused-ring (bicyclic) bond motifs is 1. The first-order valence-corrected chi connectivity index (χ1v) is 5.07. The van der Waals surface area contributed by atoms with Gasteiger partial charge in [-0.2, -0.15) is 0 Å². The molecule has 0 saturated heterocycles. The second-order valence-corrected chi connectivity index (χ2v) is 3.66. The van der Waals surface area contributed by atoms with Crippen LogP contribution < -0.4 is 0 Å². The van der Waals surface area contributed by atoms with E-state index in [0.29, 0.717) is 17.0 Å². The molecule has 0 spiro atoms. The van der Waals surface area contributed by atoms with Crippen LogP contribution in [0.25, 0.3) is 22.6 Å². The number of aromatic hydroxyl groups is 2. The lowest BCUT2D eigenvalue weighted by Crippen LogP contribution is -1.80. The Kier molecular flexibility index (Phi) is 1.98. The van der Waals surface area contributed by atoms with Crippen molar-refractivity contribution in [3.05, 3.63) is 36.5 Å². The molecule has 0 atom stereocenters. The minimum absolute atomic E-state index is 0.150. The highest BCUT2D eigenvalue weighted by molar-refractivity contribution is 5.76. The molecule has 0 saturated carbocycles. The van der Waals surface area contributed by atoms with Crippen molar-refractivity contribution >= 4 is 11.2 Å². The van der Waals surface area contributed by atoms with Crippen molar-refractivity contribution in [3.63, 3.8) is 0 Å². The summed E-state index contributed by atoms with van der Waals surface area (Å²) in [5.41, 5.74) is 2.14. The summed E-state index contributed by atoms with van der Waals surface area (Å²) in [4.78, 5) is 11.5. The average molecular weight is 227 g/mol. The Labute approximate surface area is 96.4 Å². The molecule has 0 bridgehead atoms. The van der Waals surface area contributed by atoms with Crippen LogP contribution in [0.2, 0.25) is 0 Å². The minimum atomic E-state index is -0.170. The number of imidazole rings is 1. The van der Waals surface area contributed by atoms with Gasteiger partial charge in [0.25, 0.3) is 0 Å². The summed E-state index contributed by atoms with van der Waals surface area (Å²) in [6, 6.07) is 8.24. The third kappa shape index (κ3) is 1.57. The summed E-state index contributed by atoms with van der Waals surface area (Å²) in [5.74, 6) is 0.285. The zero-order valence-corrected chi connectivity index (χ0v) is 8.75. The van der Waals surface area contributed by atoms with Crippen LogP contribution in [-0.4, -0.2) is 25.2 Å². The lowest BCUT2D eigenvalue weighted by Gasteiger charge is -1.99. The number of rotatable bonds is 1. The monoisotopic (exact) mass is 227 g/mol. The normalized spacial score (nSPS) is 10.8. The van der Waals surface area contributed by atoms with E-state index >= 15 is 0 Å². The van der Waals surface area contributed by atoms with Crippen LogP contribution in [0.4, 0.5) is 0 Å². The number of benzene rings is 1. The molecule has 1 aromatic carbocycles. The second kappa shape index (κ2) is 3.48. The number of phenolic OH excluding ortho intramolecular Hbond substituents is 2. The van der Waals surface area contributed by atoms with Crippen molar-refractivity contribution in [1.29, 1.82) is 0 Å². The smallest absolute Gasteiger partial charge is 0.178 e. The highest BCUT2D eigenvalue weighted by Gasteiger charge is 2.07. The zero-order valence-electron chi connectivity index (χ0n) is 8.75. The Bertz CT molecular complexity index is 658. The molecule has 84 valence electrons. The highest BCUT2D eigenvalue weighted by atomic mass is 16.3. The molecule has 0 unspecified atom stereocenters. The van der Waals surface area contributed by atoms with E-state index in [2.05, 4.69) is 15.0 Å². The van der Waals surface area contributed by atoms with Gasteiger partial charge in [0.2, 0.25) is 0 Å². The van der Waals surface area contributed by atoms with Crippen molar-refractivity contribution in [1.82, 2.24) is 15.0 Å². The van der Waals surface area contributed by atoms with Gasteiger partial charge < -0.3 is 15.2 Å².